The second-order valence-corrected chi connectivity index (χ2v) is 4.75. The summed E-state index contributed by atoms with van der Waals surface area (Å²) < 4.78 is 8.25. The van der Waals surface area contributed by atoms with E-state index < -0.39 is 0 Å². The molecule has 1 aliphatic rings. The number of aromatic amines is 1. The van der Waals surface area contributed by atoms with Crippen LogP contribution in [0.5, 0.6) is 5.75 Å². The molecule has 0 aliphatic heterocycles. The van der Waals surface area contributed by atoms with Gasteiger partial charge in [0.1, 0.15) is 5.75 Å². The monoisotopic (exact) mass is 234 g/mol. The number of rotatable bonds is 3. The molecule has 16 heavy (non-hydrogen) atoms. The number of nitrogens with one attached hydrogen (secondary N) is 1. The van der Waals surface area contributed by atoms with Crippen LogP contribution in [0.4, 0.5) is 0 Å². The first-order chi connectivity index (χ1) is 7.78. The quantitative estimate of drug-likeness (QED) is 0.827. The summed E-state index contributed by atoms with van der Waals surface area (Å²) in [6, 6.07) is 6.02. The maximum atomic E-state index is 5.35. The third-order valence-electron chi connectivity index (χ3n) is 3.12. The van der Waals surface area contributed by atoms with Gasteiger partial charge in [-0.15, -0.1) is 0 Å². The minimum Gasteiger partial charge on any atom is -0.497 e. The van der Waals surface area contributed by atoms with Crippen molar-refractivity contribution < 1.29 is 4.74 Å². The number of H-pyrrole nitrogens is 1. The Morgan fingerprint density at radius 2 is 2.31 bits per heavy atom. The second kappa shape index (κ2) is 3.63. The molecule has 1 fully saturated rings. The molecule has 0 spiro atoms. The highest BCUT2D eigenvalue weighted by molar-refractivity contribution is 7.71. The number of ether oxygens (including phenoxy) is 1. The van der Waals surface area contributed by atoms with Crippen LogP contribution in [-0.4, -0.2) is 16.7 Å². The number of aromatic nitrogens is 2. The van der Waals surface area contributed by atoms with Crippen molar-refractivity contribution in [3.8, 4) is 5.75 Å². The number of imidazole rings is 1. The van der Waals surface area contributed by atoms with E-state index in [-0.39, 0.29) is 0 Å². The highest BCUT2D eigenvalue weighted by Crippen LogP contribution is 2.32. The number of hydrogen-bond acceptors (Lipinski definition) is 2. The second-order valence-electron chi connectivity index (χ2n) is 4.37. The van der Waals surface area contributed by atoms with Crippen molar-refractivity contribution in [1.82, 2.24) is 9.55 Å². The van der Waals surface area contributed by atoms with Crippen LogP contribution in [-0.2, 0) is 6.54 Å². The van der Waals surface area contributed by atoms with Crippen LogP contribution in [0.2, 0.25) is 0 Å². The summed E-state index contributed by atoms with van der Waals surface area (Å²) in [4.78, 5) is 3.23. The Hall–Kier alpha value is -1.29. The van der Waals surface area contributed by atoms with Crippen LogP contribution in [0.25, 0.3) is 11.0 Å². The van der Waals surface area contributed by atoms with Crippen molar-refractivity contribution >= 4 is 23.3 Å². The third kappa shape index (κ3) is 1.63. The lowest BCUT2D eigenvalue weighted by Gasteiger charge is -2.04. The topological polar surface area (TPSA) is 29.9 Å². The molecule has 1 aliphatic carbocycles. The van der Waals surface area contributed by atoms with E-state index in [1.807, 2.05) is 18.2 Å². The highest BCUT2D eigenvalue weighted by atomic mass is 32.1. The van der Waals surface area contributed by atoms with Crippen LogP contribution in [0.15, 0.2) is 18.2 Å². The minimum atomic E-state index is 0.815. The van der Waals surface area contributed by atoms with Crippen LogP contribution in [0.3, 0.4) is 0 Å². The Bertz CT molecular complexity index is 580. The predicted molar refractivity (Wildman–Crippen MR) is 66.4 cm³/mol. The smallest absolute Gasteiger partial charge is 0.178 e. The zero-order valence-corrected chi connectivity index (χ0v) is 10.0. The van der Waals surface area contributed by atoms with Crippen LogP contribution in [0.1, 0.15) is 12.8 Å². The first-order valence-electron chi connectivity index (χ1n) is 5.54. The molecule has 0 bridgehead atoms. The van der Waals surface area contributed by atoms with Gasteiger partial charge in [0.15, 0.2) is 4.77 Å². The van der Waals surface area contributed by atoms with Crippen molar-refractivity contribution in [2.45, 2.75) is 19.4 Å². The Morgan fingerprint density at radius 3 is 3.00 bits per heavy atom. The van der Waals surface area contributed by atoms with E-state index in [0.717, 1.165) is 34.0 Å². The Morgan fingerprint density at radius 1 is 1.50 bits per heavy atom. The molecule has 1 N–H and O–H groups in total. The van der Waals surface area contributed by atoms with Gasteiger partial charge in [-0.2, -0.15) is 0 Å². The highest BCUT2D eigenvalue weighted by Gasteiger charge is 2.22. The summed E-state index contributed by atoms with van der Waals surface area (Å²) >= 11 is 5.35. The average molecular weight is 234 g/mol. The summed E-state index contributed by atoms with van der Waals surface area (Å²) in [5.41, 5.74) is 2.24. The first kappa shape index (κ1) is 9.90. The van der Waals surface area contributed by atoms with Crippen LogP contribution < -0.4 is 4.74 Å². The number of nitrogens with zero attached hydrogens (tertiary/aromatic N) is 1. The molecule has 1 saturated carbocycles. The molecule has 3 nitrogen and oxygen atoms in total. The maximum Gasteiger partial charge on any atom is 0.178 e. The van der Waals surface area contributed by atoms with E-state index in [1.54, 1.807) is 7.11 Å². The van der Waals surface area contributed by atoms with Crippen molar-refractivity contribution in [3.05, 3.63) is 23.0 Å². The lowest BCUT2D eigenvalue weighted by atomic mass is 10.3. The van der Waals surface area contributed by atoms with Gasteiger partial charge in [0.2, 0.25) is 0 Å². The molecule has 1 aromatic heterocycles. The number of benzene rings is 1. The molecule has 4 heteroatoms. The Labute approximate surface area is 99.0 Å². The van der Waals surface area contributed by atoms with E-state index >= 15 is 0 Å². The molecule has 3 rings (SSSR count). The Balaban J connectivity index is 2.15. The van der Waals surface area contributed by atoms with Gasteiger partial charge in [0, 0.05) is 12.6 Å². The zero-order valence-electron chi connectivity index (χ0n) is 9.19. The van der Waals surface area contributed by atoms with E-state index in [2.05, 4.69) is 9.55 Å². The molecule has 0 radical (unpaired) electrons. The summed E-state index contributed by atoms with van der Waals surface area (Å²) in [6.07, 6.45) is 2.66. The molecule has 1 aromatic carbocycles. The minimum absolute atomic E-state index is 0.815. The van der Waals surface area contributed by atoms with E-state index in [0.29, 0.717) is 0 Å². The fourth-order valence-corrected chi connectivity index (χ4v) is 2.28. The average Bonchev–Trinajstić information content (AvgIpc) is 3.05. The number of methoxy groups -OCH3 is 1. The first-order valence-corrected chi connectivity index (χ1v) is 5.95. The molecule has 0 atom stereocenters. The van der Waals surface area contributed by atoms with Gasteiger partial charge in [0.05, 0.1) is 18.1 Å². The molecule has 0 unspecified atom stereocenters. The summed E-state index contributed by atoms with van der Waals surface area (Å²) in [6.45, 7) is 1.03. The molecule has 1 heterocycles. The Kier molecular flexibility index (Phi) is 2.24. The number of hydrogen-bond donors (Lipinski definition) is 1. The maximum absolute atomic E-state index is 5.35. The molecular formula is C12H14N2OS. The van der Waals surface area contributed by atoms with Gasteiger partial charge >= 0.3 is 0 Å². The largest absolute Gasteiger partial charge is 0.497 e. The normalized spacial score (nSPS) is 15.6. The van der Waals surface area contributed by atoms with Crippen molar-refractivity contribution in [2.75, 3.05) is 7.11 Å². The molecular weight excluding hydrogens is 220 g/mol. The summed E-state index contributed by atoms with van der Waals surface area (Å²) in [5, 5.41) is 0. The van der Waals surface area contributed by atoms with Gasteiger partial charge in [-0.05, 0) is 43.1 Å². The number of fused-ring (bicyclic) bond motifs is 1. The van der Waals surface area contributed by atoms with Gasteiger partial charge in [-0.1, -0.05) is 0 Å². The summed E-state index contributed by atoms with van der Waals surface area (Å²) in [7, 11) is 1.69. The van der Waals surface area contributed by atoms with Crippen molar-refractivity contribution in [1.29, 1.82) is 0 Å². The molecule has 0 amide bonds. The van der Waals surface area contributed by atoms with E-state index in [9.17, 15) is 0 Å². The van der Waals surface area contributed by atoms with Gasteiger partial charge in [-0.25, -0.2) is 0 Å². The molecule has 2 aromatic rings. The fourth-order valence-electron chi connectivity index (χ4n) is 2.00. The van der Waals surface area contributed by atoms with Gasteiger partial charge in [0.25, 0.3) is 0 Å². The lowest BCUT2D eigenvalue weighted by Crippen LogP contribution is -1.99. The van der Waals surface area contributed by atoms with E-state index in [1.165, 1.54) is 12.8 Å². The van der Waals surface area contributed by atoms with Crippen molar-refractivity contribution in [3.63, 3.8) is 0 Å². The zero-order chi connectivity index (χ0) is 11.1. The van der Waals surface area contributed by atoms with Crippen LogP contribution in [0, 0.1) is 10.7 Å². The standard InChI is InChI=1S/C12H14N2OS/c1-15-9-4-5-10-11(6-9)14(12(16)13-10)7-8-2-3-8/h4-6,8H,2-3,7H2,1H3,(H,13,16). The third-order valence-corrected chi connectivity index (χ3v) is 3.44. The SMILES string of the molecule is COc1ccc2[nH]c(=S)n(CC3CC3)c2c1. The molecule has 0 saturated heterocycles. The van der Waals surface area contributed by atoms with Crippen molar-refractivity contribution in [2.24, 2.45) is 5.92 Å². The summed E-state index contributed by atoms with van der Waals surface area (Å²) in [5.74, 6) is 1.70. The fraction of sp³-hybridized carbons (Fsp3) is 0.417. The lowest BCUT2D eigenvalue weighted by molar-refractivity contribution is 0.415. The molecule has 84 valence electrons. The van der Waals surface area contributed by atoms with Crippen LogP contribution >= 0.6 is 12.2 Å². The van der Waals surface area contributed by atoms with E-state index in [4.69, 9.17) is 17.0 Å². The predicted octanol–water partition coefficient (Wildman–Crippen LogP) is 3.12. The van der Waals surface area contributed by atoms with Gasteiger partial charge < -0.3 is 14.3 Å². The van der Waals surface area contributed by atoms with Gasteiger partial charge in [-0.3, -0.25) is 0 Å².